The number of phenols is 2. The van der Waals surface area contributed by atoms with Gasteiger partial charge >= 0.3 is 0 Å². The van der Waals surface area contributed by atoms with E-state index in [-0.39, 0.29) is 11.3 Å². The summed E-state index contributed by atoms with van der Waals surface area (Å²) in [6.45, 7) is 0.303. The summed E-state index contributed by atoms with van der Waals surface area (Å²) >= 11 is 0. The van der Waals surface area contributed by atoms with Crippen molar-refractivity contribution in [2.75, 3.05) is 0 Å². The van der Waals surface area contributed by atoms with E-state index in [4.69, 9.17) is 0 Å². The highest BCUT2D eigenvalue weighted by Gasteiger charge is 2.13. The quantitative estimate of drug-likeness (QED) is 0.638. The standard InChI is InChI=1S/C15H13N3O3/c19-12-3-1-2-11(14(12)20)15(21)17-9-10-4-6-18-7-5-16-13(18)8-10/h1-8,19-20H,9H2,(H,17,21). The summed E-state index contributed by atoms with van der Waals surface area (Å²) in [5.74, 6) is -1.19. The Labute approximate surface area is 120 Å². The van der Waals surface area contributed by atoms with Crippen LogP contribution in [0.15, 0.2) is 48.9 Å². The Kier molecular flexibility index (Phi) is 3.19. The Morgan fingerprint density at radius 3 is 2.95 bits per heavy atom. The second-order valence-corrected chi connectivity index (χ2v) is 4.58. The summed E-state index contributed by atoms with van der Waals surface area (Å²) < 4.78 is 1.87. The molecule has 2 heterocycles. The minimum absolute atomic E-state index is 0.0388. The number of rotatable bonds is 3. The highest BCUT2D eigenvalue weighted by atomic mass is 16.3. The summed E-state index contributed by atoms with van der Waals surface area (Å²) in [6, 6.07) is 8.00. The van der Waals surface area contributed by atoms with Crippen molar-refractivity contribution in [3.63, 3.8) is 0 Å². The van der Waals surface area contributed by atoms with E-state index in [1.807, 2.05) is 28.9 Å². The van der Waals surface area contributed by atoms with E-state index >= 15 is 0 Å². The van der Waals surface area contributed by atoms with E-state index in [9.17, 15) is 15.0 Å². The van der Waals surface area contributed by atoms with Crippen LogP contribution in [0.5, 0.6) is 11.5 Å². The fraction of sp³-hybridized carbons (Fsp3) is 0.0667. The van der Waals surface area contributed by atoms with Crippen LogP contribution in [0, 0.1) is 0 Å². The van der Waals surface area contributed by atoms with Crippen LogP contribution >= 0.6 is 0 Å². The first-order chi connectivity index (χ1) is 10.1. The molecule has 0 bridgehead atoms. The van der Waals surface area contributed by atoms with Gasteiger partial charge in [0, 0.05) is 25.1 Å². The van der Waals surface area contributed by atoms with Gasteiger partial charge in [0.25, 0.3) is 5.91 Å². The molecule has 0 aliphatic carbocycles. The molecule has 0 unspecified atom stereocenters. The monoisotopic (exact) mass is 283 g/mol. The number of carbonyl (C=O) groups is 1. The number of fused-ring (bicyclic) bond motifs is 1. The number of phenolic OH excluding ortho intramolecular Hbond substituents is 2. The molecule has 0 aliphatic rings. The molecule has 0 saturated heterocycles. The number of nitrogens with zero attached hydrogens (tertiary/aromatic N) is 2. The lowest BCUT2D eigenvalue weighted by Gasteiger charge is -2.08. The summed E-state index contributed by atoms with van der Waals surface area (Å²) in [5.41, 5.74) is 1.72. The normalized spacial score (nSPS) is 10.7. The lowest BCUT2D eigenvalue weighted by atomic mass is 10.1. The maximum Gasteiger partial charge on any atom is 0.255 e. The summed E-state index contributed by atoms with van der Waals surface area (Å²) in [7, 11) is 0. The molecule has 3 aromatic rings. The molecule has 3 rings (SSSR count). The topological polar surface area (TPSA) is 86.9 Å². The van der Waals surface area contributed by atoms with Gasteiger partial charge in [-0.05, 0) is 29.8 Å². The highest BCUT2D eigenvalue weighted by Crippen LogP contribution is 2.27. The molecule has 0 fully saturated rings. The van der Waals surface area contributed by atoms with Crippen molar-refractivity contribution in [1.82, 2.24) is 14.7 Å². The molecule has 0 spiro atoms. The summed E-state index contributed by atoms with van der Waals surface area (Å²) in [4.78, 5) is 16.2. The number of para-hydroxylation sites is 1. The van der Waals surface area contributed by atoms with Crippen molar-refractivity contribution in [2.45, 2.75) is 6.54 Å². The van der Waals surface area contributed by atoms with Gasteiger partial charge in [0.2, 0.25) is 0 Å². The summed E-state index contributed by atoms with van der Waals surface area (Å²) in [6.07, 6.45) is 5.39. The smallest absolute Gasteiger partial charge is 0.255 e. The molecule has 0 radical (unpaired) electrons. The van der Waals surface area contributed by atoms with Gasteiger partial charge in [-0.1, -0.05) is 6.07 Å². The first-order valence-corrected chi connectivity index (χ1v) is 6.36. The number of nitrogens with one attached hydrogen (secondary N) is 1. The van der Waals surface area contributed by atoms with Crippen LogP contribution in [-0.4, -0.2) is 25.5 Å². The zero-order chi connectivity index (χ0) is 14.8. The minimum atomic E-state index is -0.452. The van der Waals surface area contributed by atoms with Crippen LogP contribution in [0.25, 0.3) is 5.65 Å². The average Bonchev–Trinajstić information content (AvgIpc) is 2.95. The lowest BCUT2D eigenvalue weighted by molar-refractivity contribution is 0.0947. The molecule has 0 atom stereocenters. The van der Waals surface area contributed by atoms with E-state index in [0.717, 1.165) is 11.2 Å². The average molecular weight is 283 g/mol. The van der Waals surface area contributed by atoms with Gasteiger partial charge in [-0.25, -0.2) is 4.98 Å². The van der Waals surface area contributed by atoms with Gasteiger partial charge < -0.3 is 19.9 Å². The lowest BCUT2D eigenvalue weighted by Crippen LogP contribution is -2.22. The van der Waals surface area contributed by atoms with Crippen LogP contribution in [0.4, 0.5) is 0 Å². The number of pyridine rings is 1. The summed E-state index contributed by atoms with van der Waals surface area (Å²) in [5, 5.41) is 21.7. The SMILES string of the molecule is O=C(NCc1ccn2ccnc2c1)c1cccc(O)c1O. The molecule has 0 aliphatic heterocycles. The van der Waals surface area contributed by atoms with Gasteiger partial charge in [0.15, 0.2) is 11.5 Å². The van der Waals surface area contributed by atoms with Crippen molar-refractivity contribution in [3.05, 3.63) is 60.0 Å². The van der Waals surface area contributed by atoms with Crippen molar-refractivity contribution >= 4 is 11.6 Å². The van der Waals surface area contributed by atoms with Gasteiger partial charge in [-0.15, -0.1) is 0 Å². The zero-order valence-corrected chi connectivity index (χ0v) is 11.0. The maximum absolute atomic E-state index is 12.0. The Balaban J connectivity index is 1.74. The number of hydrogen-bond acceptors (Lipinski definition) is 4. The van der Waals surface area contributed by atoms with E-state index < -0.39 is 11.7 Å². The largest absolute Gasteiger partial charge is 0.504 e. The first-order valence-electron chi connectivity index (χ1n) is 6.36. The molecule has 3 N–H and O–H groups in total. The number of imidazole rings is 1. The number of aromatic hydroxyl groups is 2. The van der Waals surface area contributed by atoms with Crippen LogP contribution in [0.1, 0.15) is 15.9 Å². The molecular formula is C15H13N3O3. The maximum atomic E-state index is 12.0. The second kappa shape index (κ2) is 5.16. The molecule has 2 aromatic heterocycles. The van der Waals surface area contributed by atoms with Crippen LogP contribution in [0.3, 0.4) is 0 Å². The molecule has 6 heteroatoms. The Morgan fingerprint density at radius 2 is 2.10 bits per heavy atom. The third-order valence-corrected chi connectivity index (χ3v) is 3.17. The van der Waals surface area contributed by atoms with E-state index in [1.54, 1.807) is 6.20 Å². The van der Waals surface area contributed by atoms with E-state index in [0.29, 0.717) is 6.54 Å². The van der Waals surface area contributed by atoms with Crippen molar-refractivity contribution in [2.24, 2.45) is 0 Å². The number of amides is 1. The van der Waals surface area contributed by atoms with Gasteiger partial charge in [-0.3, -0.25) is 4.79 Å². The predicted octanol–water partition coefficient (Wildman–Crippen LogP) is 1.68. The van der Waals surface area contributed by atoms with Crippen LogP contribution in [0.2, 0.25) is 0 Å². The highest BCUT2D eigenvalue weighted by molar-refractivity contribution is 5.97. The van der Waals surface area contributed by atoms with Crippen LogP contribution in [-0.2, 0) is 6.54 Å². The number of aromatic nitrogens is 2. The molecule has 1 aromatic carbocycles. The third-order valence-electron chi connectivity index (χ3n) is 3.17. The van der Waals surface area contributed by atoms with Crippen LogP contribution < -0.4 is 5.32 Å². The van der Waals surface area contributed by atoms with Gasteiger partial charge in [0.05, 0.1) is 5.56 Å². The molecule has 0 saturated carbocycles. The Morgan fingerprint density at radius 1 is 1.24 bits per heavy atom. The van der Waals surface area contributed by atoms with Gasteiger partial charge in [-0.2, -0.15) is 0 Å². The third kappa shape index (κ3) is 2.51. The number of carbonyl (C=O) groups excluding carboxylic acids is 1. The Hall–Kier alpha value is -3.02. The second-order valence-electron chi connectivity index (χ2n) is 4.58. The zero-order valence-electron chi connectivity index (χ0n) is 11.0. The number of hydrogen-bond donors (Lipinski definition) is 3. The first kappa shape index (κ1) is 13.0. The van der Waals surface area contributed by atoms with E-state index in [1.165, 1.54) is 18.2 Å². The van der Waals surface area contributed by atoms with Crippen molar-refractivity contribution < 1.29 is 15.0 Å². The molecule has 6 nitrogen and oxygen atoms in total. The molecule has 106 valence electrons. The van der Waals surface area contributed by atoms with E-state index in [2.05, 4.69) is 10.3 Å². The fourth-order valence-electron chi connectivity index (χ4n) is 2.05. The molecule has 21 heavy (non-hydrogen) atoms. The van der Waals surface area contributed by atoms with Crippen molar-refractivity contribution in [3.8, 4) is 11.5 Å². The van der Waals surface area contributed by atoms with Crippen molar-refractivity contribution in [1.29, 1.82) is 0 Å². The Bertz CT molecular complexity index is 811. The number of benzene rings is 1. The minimum Gasteiger partial charge on any atom is -0.504 e. The fourth-order valence-corrected chi connectivity index (χ4v) is 2.05. The predicted molar refractivity (Wildman–Crippen MR) is 76.1 cm³/mol. The molecular weight excluding hydrogens is 270 g/mol. The molecule has 1 amide bonds. The van der Waals surface area contributed by atoms with Gasteiger partial charge in [0.1, 0.15) is 5.65 Å².